The van der Waals surface area contributed by atoms with Gasteiger partial charge in [0, 0.05) is 10.6 Å². The molecule has 102 valence electrons. The number of carbonyl (C=O) groups excluding carboxylic acids is 1. The standard InChI is InChI=1S/C16H15ClN2O/c1-11-5-3-4-6-15(11)16(20)19-18-12(2)13-7-9-14(17)10-8-13/h3-10H,1-2H3,(H,19,20). The van der Waals surface area contributed by atoms with Gasteiger partial charge in [-0.05, 0) is 43.2 Å². The fraction of sp³-hybridized carbons (Fsp3) is 0.125. The molecule has 0 aliphatic rings. The third-order valence-electron chi connectivity index (χ3n) is 2.98. The zero-order valence-corrected chi connectivity index (χ0v) is 12.1. The van der Waals surface area contributed by atoms with Gasteiger partial charge in [0.2, 0.25) is 0 Å². The zero-order valence-electron chi connectivity index (χ0n) is 11.4. The maximum Gasteiger partial charge on any atom is 0.271 e. The molecule has 0 heterocycles. The normalized spacial score (nSPS) is 11.2. The van der Waals surface area contributed by atoms with Gasteiger partial charge in [-0.1, -0.05) is 41.9 Å². The summed E-state index contributed by atoms with van der Waals surface area (Å²) < 4.78 is 0. The third kappa shape index (κ3) is 3.45. The van der Waals surface area contributed by atoms with Crippen LogP contribution in [0.5, 0.6) is 0 Å². The molecule has 3 nitrogen and oxygen atoms in total. The molecule has 2 aromatic rings. The molecule has 0 bridgehead atoms. The zero-order chi connectivity index (χ0) is 14.5. The van der Waals surface area contributed by atoms with Crippen molar-refractivity contribution in [1.29, 1.82) is 0 Å². The summed E-state index contributed by atoms with van der Waals surface area (Å²) in [5.41, 5.74) is 5.76. The van der Waals surface area contributed by atoms with Gasteiger partial charge < -0.3 is 0 Å². The first-order chi connectivity index (χ1) is 9.58. The summed E-state index contributed by atoms with van der Waals surface area (Å²) in [4.78, 5) is 12.0. The molecule has 0 saturated carbocycles. The minimum absolute atomic E-state index is 0.212. The van der Waals surface area contributed by atoms with Crippen LogP contribution >= 0.6 is 11.6 Å². The SMILES string of the molecule is CC(=NNC(=O)c1ccccc1C)c1ccc(Cl)cc1. The Labute approximate surface area is 123 Å². The number of benzene rings is 2. The van der Waals surface area contributed by atoms with Gasteiger partial charge in [0.1, 0.15) is 0 Å². The van der Waals surface area contributed by atoms with E-state index in [0.717, 1.165) is 16.8 Å². The Morgan fingerprint density at radius 2 is 1.75 bits per heavy atom. The van der Waals surface area contributed by atoms with Crippen LogP contribution in [0.15, 0.2) is 53.6 Å². The van der Waals surface area contributed by atoms with E-state index in [2.05, 4.69) is 10.5 Å². The topological polar surface area (TPSA) is 41.5 Å². The second-order valence-corrected chi connectivity index (χ2v) is 4.90. The maximum atomic E-state index is 12.0. The lowest BCUT2D eigenvalue weighted by atomic mass is 10.1. The van der Waals surface area contributed by atoms with Crippen LogP contribution in [0.2, 0.25) is 5.02 Å². The average molecular weight is 287 g/mol. The van der Waals surface area contributed by atoms with Crippen LogP contribution in [0.1, 0.15) is 28.4 Å². The van der Waals surface area contributed by atoms with Crippen LogP contribution in [0.4, 0.5) is 0 Å². The Bertz CT molecular complexity index is 648. The quantitative estimate of drug-likeness (QED) is 0.677. The Morgan fingerprint density at radius 3 is 2.40 bits per heavy atom. The number of hydrogen-bond acceptors (Lipinski definition) is 2. The predicted octanol–water partition coefficient (Wildman–Crippen LogP) is 3.80. The molecule has 4 heteroatoms. The minimum atomic E-state index is -0.212. The van der Waals surface area contributed by atoms with Gasteiger partial charge in [-0.25, -0.2) is 5.43 Å². The highest BCUT2D eigenvalue weighted by molar-refractivity contribution is 6.30. The van der Waals surface area contributed by atoms with E-state index >= 15 is 0 Å². The fourth-order valence-electron chi connectivity index (χ4n) is 1.78. The third-order valence-corrected chi connectivity index (χ3v) is 3.23. The number of hydrogen-bond donors (Lipinski definition) is 1. The maximum absolute atomic E-state index is 12.0. The van der Waals surface area contributed by atoms with Crippen LogP contribution in [-0.4, -0.2) is 11.6 Å². The van der Waals surface area contributed by atoms with Crippen molar-refractivity contribution in [3.05, 3.63) is 70.2 Å². The van der Waals surface area contributed by atoms with Crippen LogP contribution in [0.3, 0.4) is 0 Å². The smallest absolute Gasteiger partial charge is 0.267 e. The number of rotatable bonds is 3. The summed E-state index contributed by atoms with van der Waals surface area (Å²) in [7, 11) is 0. The number of halogens is 1. The van der Waals surface area contributed by atoms with Gasteiger partial charge in [-0.15, -0.1) is 0 Å². The largest absolute Gasteiger partial charge is 0.271 e. The number of amides is 1. The van der Waals surface area contributed by atoms with Crippen molar-refractivity contribution in [2.45, 2.75) is 13.8 Å². The fourth-order valence-corrected chi connectivity index (χ4v) is 1.90. The van der Waals surface area contributed by atoms with Crippen molar-refractivity contribution >= 4 is 23.2 Å². The monoisotopic (exact) mass is 286 g/mol. The Kier molecular flexibility index (Phi) is 4.53. The Morgan fingerprint density at radius 1 is 1.10 bits per heavy atom. The Balaban J connectivity index is 2.11. The van der Waals surface area contributed by atoms with Crippen molar-refractivity contribution in [1.82, 2.24) is 5.43 Å². The lowest BCUT2D eigenvalue weighted by molar-refractivity contribution is 0.0954. The van der Waals surface area contributed by atoms with Gasteiger partial charge in [0.05, 0.1) is 5.71 Å². The highest BCUT2D eigenvalue weighted by Gasteiger charge is 2.07. The van der Waals surface area contributed by atoms with Gasteiger partial charge in [-0.3, -0.25) is 4.79 Å². The van der Waals surface area contributed by atoms with Gasteiger partial charge >= 0.3 is 0 Å². The van der Waals surface area contributed by atoms with E-state index in [4.69, 9.17) is 11.6 Å². The Hall–Kier alpha value is -2.13. The average Bonchev–Trinajstić information content (AvgIpc) is 2.45. The number of hydrazone groups is 1. The lowest BCUT2D eigenvalue weighted by Gasteiger charge is -2.05. The second-order valence-electron chi connectivity index (χ2n) is 4.46. The van der Waals surface area contributed by atoms with Crippen LogP contribution < -0.4 is 5.43 Å². The highest BCUT2D eigenvalue weighted by Crippen LogP contribution is 2.10. The van der Waals surface area contributed by atoms with Gasteiger partial charge in [-0.2, -0.15) is 5.10 Å². The molecule has 0 radical (unpaired) electrons. The minimum Gasteiger partial charge on any atom is -0.267 e. The van der Waals surface area contributed by atoms with Gasteiger partial charge in [0.25, 0.3) is 5.91 Å². The molecule has 0 atom stereocenters. The number of aryl methyl sites for hydroxylation is 1. The molecule has 0 fully saturated rings. The molecule has 1 N–H and O–H groups in total. The highest BCUT2D eigenvalue weighted by atomic mass is 35.5. The van der Waals surface area contributed by atoms with Crippen molar-refractivity contribution in [3.8, 4) is 0 Å². The molecular formula is C16H15ClN2O. The van der Waals surface area contributed by atoms with Crippen molar-refractivity contribution in [2.75, 3.05) is 0 Å². The van der Waals surface area contributed by atoms with Crippen molar-refractivity contribution < 1.29 is 4.79 Å². The van der Waals surface area contributed by atoms with Crippen molar-refractivity contribution in [3.63, 3.8) is 0 Å². The van der Waals surface area contributed by atoms with E-state index in [1.165, 1.54) is 0 Å². The van der Waals surface area contributed by atoms with Crippen LogP contribution in [0.25, 0.3) is 0 Å². The van der Waals surface area contributed by atoms with Crippen LogP contribution in [-0.2, 0) is 0 Å². The molecule has 2 aromatic carbocycles. The number of carbonyl (C=O) groups is 1. The van der Waals surface area contributed by atoms with E-state index in [0.29, 0.717) is 10.6 Å². The number of nitrogens with one attached hydrogen (secondary N) is 1. The lowest BCUT2D eigenvalue weighted by Crippen LogP contribution is -2.20. The summed E-state index contributed by atoms with van der Waals surface area (Å²) in [5.74, 6) is -0.212. The van der Waals surface area contributed by atoms with E-state index in [1.54, 1.807) is 18.2 Å². The molecule has 0 saturated heterocycles. The van der Waals surface area contributed by atoms with Gasteiger partial charge in [0.15, 0.2) is 0 Å². The summed E-state index contributed by atoms with van der Waals surface area (Å²) in [5, 5.41) is 4.79. The summed E-state index contributed by atoms with van der Waals surface area (Å²) in [6, 6.07) is 14.7. The first-order valence-corrected chi connectivity index (χ1v) is 6.62. The molecule has 0 aliphatic heterocycles. The molecule has 0 aliphatic carbocycles. The molecule has 0 unspecified atom stereocenters. The summed E-state index contributed by atoms with van der Waals surface area (Å²) >= 11 is 5.83. The summed E-state index contributed by atoms with van der Waals surface area (Å²) in [6.07, 6.45) is 0. The van der Waals surface area contributed by atoms with E-state index in [1.807, 2.05) is 44.2 Å². The van der Waals surface area contributed by atoms with E-state index in [9.17, 15) is 4.79 Å². The summed E-state index contributed by atoms with van der Waals surface area (Å²) in [6.45, 7) is 3.73. The molecule has 20 heavy (non-hydrogen) atoms. The first-order valence-electron chi connectivity index (χ1n) is 6.24. The molecule has 0 spiro atoms. The molecule has 1 amide bonds. The van der Waals surface area contributed by atoms with Crippen LogP contribution in [0, 0.1) is 6.92 Å². The van der Waals surface area contributed by atoms with E-state index in [-0.39, 0.29) is 5.91 Å². The predicted molar refractivity (Wildman–Crippen MR) is 82.3 cm³/mol. The molecule has 0 aromatic heterocycles. The number of nitrogens with zero attached hydrogens (tertiary/aromatic N) is 1. The molecule has 2 rings (SSSR count). The second kappa shape index (κ2) is 6.35. The van der Waals surface area contributed by atoms with Crippen molar-refractivity contribution in [2.24, 2.45) is 5.10 Å². The van der Waals surface area contributed by atoms with E-state index < -0.39 is 0 Å². The first kappa shape index (κ1) is 14.3. The molecular weight excluding hydrogens is 272 g/mol.